The Bertz CT molecular complexity index is 1540. The minimum Gasteiger partial charge on any atom is -0.479 e. The largest absolute Gasteiger partial charge is 0.479 e. The SMILES string of the molecule is Cc1ccc2nc(-c3ccc(NC(=O)c4ccc(COc5ccccc5[N+](=O)[O-])o4)cc3)sc2c1. The number of nitro benzene ring substituents is 1. The number of aromatic nitrogens is 1. The van der Waals surface area contributed by atoms with Crippen molar-refractivity contribution in [1.29, 1.82) is 0 Å². The average Bonchev–Trinajstić information content (AvgIpc) is 3.50. The zero-order chi connectivity index (χ0) is 24.4. The Morgan fingerprint density at radius 2 is 1.89 bits per heavy atom. The van der Waals surface area contributed by atoms with Crippen LogP contribution >= 0.6 is 11.3 Å². The number of thiazole rings is 1. The maximum atomic E-state index is 12.6. The summed E-state index contributed by atoms with van der Waals surface area (Å²) in [5.74, 6) is 0.194. The molecule has 0 aliphatic heterocycles. The molecule has 0 fully saturated rings. The molecule has 174 valence electrons. The van der Waals surface area contributed by atoms with Crippen molar-refractivity contribution >= 4 is 38.8 Å². The van der Waals surface area contributed by atoms with E-state index in [-0.39, 0.29) is 23.8 Å². The van der Waals surface area contributed by atoms with Crippen molar-refractivity contribution in [2.45, 2.75) is 13.5 Å². The fourth-order valence-electron chi connectivity index (χ4n) is 3.50. The van der Waals surface area contributed by atoms with Crippen LogP contribution in [0.3, 0.4) is 0 Å². The summed E-state index contributed by atoms with van der Waals surface area (Å²) in [6, 6.07) is 22.8. The maximum Gasteiger partial charge on any atom is 0.310 e. The van der Waals surface area contributed by atoms with Crippen molar-refractivity contribution in [2.75, 3.05) is 5.32 Å². The number of carbonyl (C=O) groups excluding carboxylic acids is 1. The van der Waals surface area contributed by atoms with Gasteiger partial charge in [-0.2, -0.15) is 0 Å². The molecule has 0 aliphatic carbocycles. The molecule has 9 heteroatoms. The van der Waals surface area contributed by atoms with Gasteiger partial charge in [0.2, 0.25) is 0 Å². The van der Waals surface area contributed by atoms with Gasteiger partial charge in [-0.25, -0.2) is 4.98 Å². The van der Waals surface area contributed by atoms with Gasteiger partial charge in [0, 0.05) is 17.3 Å². The highest BCUT2D eigenvalue weighted by Crippen LogP contribution is 2.31. The molecular formula is C26H19N3O5S. The summed E-state index contributed by atoms with van der Waals surface area (Å²) in [5.41, 5.74) is 3.60. The average molecular weight is 486 g/mol. The van der Waals surface area contributed by atoms with E-state index in [1.807, 2.05) is 36.4 Å². The number of aryl methyl sites for hydroxylation is 1. The van der Waals surface area contributed by atoms with Gasteiger partial charge in [-0.05, 0) is 67.1 Å². The van der Waals surface area contributed by atoms with Crippen LogP contribution < -0.4 is 10.1 Å². The number of para-hydroxylation sites is 2. The van der Waals surface area contributed by atoms with Crippen LogP contribution in [-0.4, -0.2) is 15.8 Å². The number of nitrogens with one attached hydrogen (secondary N) is 1. The fourth-order valence-corrected chi connectivity index (χ4v) is 4.57. The summed E-state index contributed by atoms with van der Waals surface area (Å²) in [6.45, 7) is 2.01. The van der Waals surface area contributed by atoms with Gasteiger partial charge in [-0.1, -0.05) is 18.2 Å². The van der Waals surface area contributed by atoms with Crippen molar-refractivity contribution in [3.63, 3.8) is 0 Å². The Kier molecular flexibility index (Phi) is 5.99. The van der Waals surface area contributed by atoms with Crippen LogP contribution in [0, 0.1) is 17.0 Å². The smallest absolute Gasteiger partial charge is 0.310 e. The van der Waals surface area contributed by atoms with E-state index < -0.39 is 10.8 Å². The van der Waals surface area contributed by atoms with E-state index in [1.165, 1.54) is 23.8 Å². The second-order valence-corrected chi connectivity index (χ2v) is 8.83. The molecule has 5 aromatic rings. The number of rotatable bonds is 7. The second kappa shape index (κ2) is 9.40. The van der Waals surface area contributed by atoms with E-state index in [0.717, 1.165) is 20.8 Å². The molecule has 1 amide bonds. The van der Waals surface area contributed by atoms with Crippen LogP contribution in [0.15, 0.2) is 83.3 Å². The molecular weight excluding hydrogens is 466 g/mol. The first-order valence-electron chi connectivity index (χ1n) is 10.7. The normalized spacial score (nSPS) is 10.9. The summed E-state index contributed by atoms with van der Waals surface area (Å²) >= 11 is 1.63. The van der Waals surface area contributed by atoms with E-state index in [1.54, 1.807) is 29.5 Å². The highest BCUT2D eigenvalue weighted by molar-refractivity contribution is 7.21. The molecule has 0 saturated carbocycles. The van der Waals surface area contributed by atoms with Gasteiger partial charge in [0.25, 0.3) is 5.91 Å². The van der Waals surface area contributed by atoms with E-state index in [4.69, 9.17) is 9.15 Å². The third kappa shape index (κ3) is 4.90. The topological polar surface area (TPSA) is 108 Å². The van der Waals surface area contributed by atoms with Gasteiger partial charge >= 0.3 is 5.69 Å². The number of carbonyl (C=O) groups is 1. The number of fused-ring (bicyclic) bond motifs is 1. The quantitative estimate of drug-likeness (QED) is 0.205. The molecule has 8 nitrogen and oxygen atoms in total. The van der Waals surface area contributed by atoms with Crippen LogP contribution in [0.2, 0.25) is 0 Å². The fraction of sp³-hybridized carbons (Fsp3) is 0.0769. The molecule has 5 rings (SSSR count). The zero-order valence-electron chi connectivity index (χ0n) is 18.6. The van der Waals surface area contributed by atoms with E-state index >= 15 is 0 Å². The van der Waals surface area contributed by atoms with Crippen LogP contribution in [0.1, 0.15) is 21.9 Å². The molecule has 0 bridgehead atoms. The number of hydrogen-bond acceptors (Lipinski definition) is 7. The molecule has 0 radical (unpaired) electrons. The van der Waals surface area contributed by atoms with Crippen LogP contribution in [0.4, 0.5) is 11.4 Å². The Hall–Kier alpha value is -4.50. The zero-order valence-corrected chi connectivity index (χ0v) is 19.4. The summed E-state index contributed by atoms with van der Waals surface area (Å²) in [5, 5.41) is 14.8. The number of hydrogen-bond donors (Lipinski definition) is 1. The van der Waals surface area contributed by atoms with Crippen LogP contribution in [-0.2, 0) is 6.61 Å². The standard InChI is InChI=1S/C26H19N3O5S/c1-16-6-12-20-24(14-16)35-26(28-20)17-7-9-18(10-8-17)27-25(30)23-13-11-19(34-23)15-33-22-5-3-2-4-21(22)29(31)32/h2-14H,15H2,1H3,(H,27,30). The van der Waals surface area contributed by atoms with Crippen molar-refractivity contribution in [2.24, 2.45) is 0 Å². The van der Waals surface area contributed by atoms with Gasteiger partial charge in [0.05, 0.1) is 15.1 Å². The molecule has 3 aromatic carbocycles. The second-order valence-electron chi connectivity index (χ2n) is 7.80. The lowest BCUT2D eigenvalue weighted by atomic mass is 10.2. The van der Waals surface area contributed by atoms with Gasteiger partial charge in [0.1, 0.15) is 17.4 Å². The minimum atomic E-state index is -0.514. The molecule has 0 unspecified atom stereocenters. The number of amides is 1. The first-order valence-corrected chi connectivity index (χ1v) is 11.5. The Labute approximate surface area is 204 Å². The lowest BCUT2D eigenvalue weighted by Gasteiger charge is -2.05. The van der Waals surface area contributed by atoms with Gasteiger partial charge in [-0.3, -0.25) is 14.9 Å². The third-order valence-electron chi connectivity index (χ3n) is 5.25. The number of ether oxygens (including phenoxy) is 1. The molecule has 0 spiro atoms. The number of nitrogens with zero attached hydrogens (tertiary/aromatic N) is 2. The monoisotopic (exact) mass is 485 g/mol. The number of nitro groups is 1. The van der Waals surface area contributed by atoms with Crippen LogP contribution in [0.25, 0.3) is 20.8 Å². The van der Waals surface area contributed by atoms with Gasteiger partial charge in [0.15, 0.2) is 11.5 Å². The molecule has 2 aromatic heterocycles. The van der Waals surface area contributed by atoms with Gasteiger partial charge in [-0.15, -0.1) is 11.3 Å². The summed E-state index contributed by atoms with van der Waals surface area (Å²) < 4.78 is 12.2. The lowest BCUT2D eigenvalue weighted by Crippen LogP contribution is -2.10. The van der Waals surface area contributed by atoms with Crippen LogP contribution in [0.5, 0.6) is 5.75 Å². The highest BCUT2D eigenvalue weighted by atomic mass is 32.1. The lowest BCUT2D eigenvalue weighted by molar-refractivity contribution is -0.386. The molecule has 35 heavy (non-hydrogen) atoms. The summed E-state index contributed by atoms with van der Waals surface area (Å²) in [4.78, 5) is 27.9. The minimum absolute atomic E-state index is 0.0471. The van der Waals surface area contributed by atoms with Crippen molar-refractivity contribution < 1.29 is 18.9 Å². The van der Waals surface area contributed by atoms with Crippen molar-refractivity contribution in [3.05, 3.63) is 106 Å². The molecule has 0 saturated heterocycles. The Balaban J connectivity index is 1.23. The number of benzene rings is 3. The van der Waals surface area contributed by atoms with E-state index in [2.05, 4.69) is 23.3 Å². The molecule has 0 aliphatic rings. The van der Waals surface area contributed by atoms with Gasteiger partial charge < -0.3 is 14.5 Å². The number of furan rings is 1. The maximum absolute atomic E-state index is 12.6. The molecule has 0 atom stereocenters. The number of anilines is 1. The first-order chi connectivity index (χ1) is 17.0. The van der Waals surface area contributed by atoms with Crippen molar-refractivity contribution in [1.82, 2.24) is 4.98 Å². The summed E-state index contributed by atoms with van der Waals surface area (Å²) in [6.07, 6.45) is 0. The Morgan fingerprint density at radius 3 is 2.69 bits per heavy atom. The van der Waals surface area contributed by atoms with Crippen molar-refractivity contribution in [3.8, 4) is 16.3 Å². The third-order valence-corrected chi connectivity index (χ3v) is 6.32. The molecule has 1 N–H and O–H groups in total. The van der Waals surface area contributed by atoms with E-state index in [0.29, 0.717) is 11.4 Å². The summed E-state index contributed by atoms with van der Waals surface area (Å²) in [7, 11) is 0. The van der Waals surface area contributed by atoms with E-state index in [9.17, 15) is 14.9 Å². The predicted octanol–water partition coefficient (Wildman–Crippen LogP) is 6.60. The highest BCUT2D eigenvalue weighted by Gasteiger charge is 2.16. The predicted molar refractivity (Wildman–Crippen MR) is 134 cm³/mol. The molecule has 2 heterocycles. The first kappa shape index (κ1) is 22.3. The Morgan fingerprint density at radius 1 is 1.09 bits per heavy atom.